The number of rotatable bonds is 6. The number of alkyl halides is 3. The number of carbonyl (C=O) groups is 2. The van der Waals surface area contributed by atoms with Gasteiger partial charge >= 0.3 is 12.1 Å². The van der Waals surface area contributed by atoms with Crippen LogP contribution in [-0.4, -0.2) is 54.5 Å². The number of amides is 1. The topological polar surface area (TPSA) is 62.7 Å². The maximum absolute atomic E-state index is 12.8. The van der Waals surface area contributed by atoms with Crippen molar-refractivity contribution >= 4 is 17.7 Å². The number of anilines is 1. The molecule has 3 rings (SSSR count). The fraction of sp³-hybridized carbons (Fsp3) is 0.458. The largest absolute Gasteiger partial charge is 0.462 e. The first-order valence-electron chi connectivity index (χ1n) is 11.0. The normalized spacial score (nSPS) is 15.7. The third-order valence-corrected chi connectivity index (χ3v) is 5.72. The first kappa shape index (κ1) is 24.5. The van der Waals surface area contributed by atoms with E-state index in [1.165, 1.54) is 18.3 Å². The fourth-order valence-corrected chi connectivity index (χ4v) is 3.81. The number of nitrogens with zero attached hydrogens (tertiary/aromatic N) is 3. The van der Waals surface area contributed by atoms with Gasteiger partial charge in [0.25, 0.3) is 0 Å². The monoisotopic (exact) mass is 463 g/mol. The van der Waals surface area contributed by atoms with Crippen molar-refractivity contribution in [1.82, 2.24) is 9.88 Å². The zero-order chi connectivity index (χ0) is 24.0. The van der Waals surface area contributed by atoms with Crippen LogP contribution in [-0.2, 0) is 15.7 Å². The molecule has 1 aliphatic rings. The second-order valence-corrected chi connectivity index (χ2v) is 8.07. The average Bonchev–Trinajstić information content (AvgIpc) is 3.05. The first-order chi connectivity index (χ1) is 15.7. The Morgan fingerprint density at radius 1 is 1.06 bits per heavy atom. The summed E-state index contributed by atoms with van der Waals surface area (Å²) >= 11 is 0. The van der Waals surface area contributed by atoms with Gasteiger partial charge in [-0.3, -0.25) is 4.79 Å². The highest BCUT2D eigenvalue weighted by atomic mass is 19.4. The van der Waals surface area contributed by atoms with E-state index in [9.17, 15) is 22.8 Å². The average molecular weight is 464 g/mol. The van der Waals surface area contributed by atoms with Crippen molar-refractivity contribution in [3.05, 3.63) is 59.3 Å². The van der Waals surface area contributed by atoms with Crippen LogP contribution < -0.4 is 4.90 Å². The lowest BCUT2D eigenvalue weighted by Crippen LogP contribution is -2.35. The van der Waals surface area contributed by atoms with Gasteiger partial charge in [0.1, 0.15) is 5.82 Å². The van der Waals surface area contributed by atoms with Gasteiger partial charge in [0.2, 0.25) is 5.91 Å². The van der Waals surface area contributed by atoms with Crippen molar-refractivity contribution in [3.8, 4) is 0 Å². The van der Waals surface area contributed by atoms with Crippen molar-refractivity contribution in [2.45, 2.75) is 38.8 Å². The van der Waals surface area contributed by atoms with Crippen LogP contribution in [0.25, 0.3) is 0 Å². The van der Waals surface area contributed by atoms with E-state index in [1.807, 2.05) is 6.92 Å². The summed E-state index contributed by atoms with van der Waals surface area (Å²) < 4.78 is 43.3. The van der Waals surface area contributed by atoms with Crippen LogP contribution in [0.4, 0.5) is 19.0 Å². The Hall–Kier alpha value is -3.10. The molecule has 178 valence electrons. The maximum atomic E-state index is 12.8. The molecule has 1 aromatic heterocycles. The third kappa shape index (κ3) is 6.46. The quantitative estimate of drug-likeness (QED) is 0.590. The molecule has 1 amide bonds. The lowest BCUT2D eigenvalue weighted by Gasteiger charge is -2.24. The number of halogens is 3. The molecule has 0 radical (unpaired) electrons. The van der Waals surface area contributed by atoms with E-state index in [0.717, 1.165) is 30.9 Å². The molecule has 33 heavy (non-hydrogen) atoms. The van der Waals surface area contributed by atoms with Crippen molar-refractivity contribution in [1.29, 1.82) is 0 Å². The second-order valence-electron chi connectivity index (χ2n) is 8.07. The Morgan fingerprint density at radius 3 is 2.39 bits per heavy atom. The molecule has 2 aromatic rings. The highest BCUT2D eigenvalue weighted by Gasteiger charge is 2.30. The van der Waals surface area contributed by atoms with Gasteiger partial charge in [-0.1, -0.05) is 19.1 Å². The van der Waals surface area contributed by atoms with E-state index >= 15 is 0 Å². The van der Waals surface area contributed by atoms with Crippen LogP contribution in [0.3, 0.4) is 0 Å². The van der Waals surface area contributed by atoms with Crippen LogP contribution in [0.2, 0.25) is 0 Å². The van der Waals surface area contributed by atoms with Crippen molar-refractivity contribution < 1.29 is 27.5 Å². The Labute approximate surface area is 191 Å². The summed E-state index contributed by atoms with van der Waals surface area (Å²) in [6, 6.07) is 8.45. The van der Waals surface area contributed by atoms with E-state index in [2.05, 4.69) is 9.88 Å². The lowest BCUT2D eigenvalue weighted by atomic mass is 9.96. The molecular formula is C24H28F3N3O3. The number of ether oxygens (including phenoxy) is 1. The molecule has 1 aromatic carbocycles. The van der Waals surface area contributed by atoms with E-state index in [0.29, 0.717) is 37.4 Å². The van der Waals surface area contributed by atoms with E-state index in [1.54, 1.807) is 24.0 Å². The molecule has 1 unspecified atom stereocenters. The summed E-state index contributed by atoms with van der Waals surface area (Å²) in [5.41, 5.74) is 0.407. The summed E-state index contributed by atoms with van der Waals surface area (Å²) in [6.07, 6.45) is -1.88. The molecule has 0 N–H and O–H groups in total. The van der Waals surface area contributed by atoms with Crippen molar-refractivity contribution in [2.24, 2.45) is 0 Å². The Kier molecular flexibility index (Phi) is 7.94. The number of benzene rings is 1. The third-order valence-electron chi connectivity index (χ3n) is 5.72. The molecule has 0 spiro atoms. The smallest absolute Gasteiger partial charge is 0.416 e. The summed E-state index contributed by atoms with van der Waals surface area (Å²) in [4.78, 5) is 32.9. The van der Waals surface area contributed by atoms with Gasteiger partial charge in [0.15, 0.2) is 0 Å². The van der Waals surface area contributed by atoms with Gasteiger partial charge in [0, 0.05) is 38.8 Å². The Bertz CT molecular complexity index is 946. The minimum absolute atomic E-state index is 0.0186. The van der Waals surface area contributed by atoms with Gasteiger partial charge in [0.05, 0.1) is 17.7 Å². The van der Waals surface area contributed by atoms with Gasteiger partial charge in [-0.25, -0.2) is 9.78 Å². The molecule has 1 aliphatic heterocycles. The highest BCUT2D eigenvalue weighted by molar-refractivity contribution is 5.89. The van der Waals surface area contributed by atoms with Gasteiger partial charge in [-0.05, 0) is 49.1 Å². The molecule has 2 heterocycles. The number of aromatic nitrogens is 1. The van der Waals surface area contributed by atoms with Crippen LogP contribution in [0.1, 0.15) is 54.1 Å². The summed E-state index contributed by atoms with van der Waals surface area (Å²) in [7, 11) is 0. The first-order valence-corrected chi connectivity index (χ1v) is 11.0. The van der Waals surface area contributed by atoms with Crippen LogP contribution in [0.15, 0.2) is 42.6 Å². The summed E-state index contributed by atoms with van der Waals surface area (Å²) in [6.45, 7) is 6.36. The SMILES string of the molecule is CCOC(=O)c1ccc(N2CCCN(C(=O)CC(C)c3ccc(C(F)(F)F)cc3)CC2)nc1. The van der Waals surface area contributed by atoms with E-state index in [4.69, 9.17) is 4.74 Å². The number of carbonyl (C=O) groups excluding carboxylic acids is 2. The van der Waals surface area contributed by atoms with Crippen LogP contribution in [0.5, 0.6) is 0 Å². The standard InChI is InChI=1S/C24H28F3N3O3/c1-3-33-23(32)19-7-10-21(28-16-19)29-11-4-12-30(14-13-29)22(31)15-17(2)18-5-8-20(9-6-18)24(25,26)27/h5-10,16-17H,3-4,11-15H2,1-2H3. The molecule has 1 saturated heterocycles. The van der Waals surface area contributed by atoms with Gasteiger partial charge < -0.3 is 14.5 Å². The molecule has 9 heteroatoms. The molecule has 0 saturated carbocycles. The van der Waals surface area contributed by atoms with Gasteiger partial charge in [-0.2, -0.15) is 13.2 Å². The number of hydrogen-bond donors (Lipinski definition) is 0. The van der Waals surface area contributed by atoms with Crippen molar-refractivity contribution in [3.63, 3.8) is 0 Å². The minimum Gasteiger partial charge on any atom is -0.462 e. The van der Waals surface area contributed by atoms with Crippen molar-refractivity contribution in [2.75, 3.05) is 37.7 Å². The second kappa shape index (κ2) is 10.7. The summed E-state index contributed by atoms with van der Waals surface area (Å²) in [5, 5.41) is 0. The molecule has 6 nitrogen and oxygen atoms in total. The number of esters is 1. The highest BCUT2D eigenvalue weighted by Crippen LogP contribution is 2.31. The van der Waals surface area contributed by atoms with E-state index in [-0.39, 0.29) is 18.2 Å². The van der Waals surface area contributed by atoms with Crippen LogP contribution in [0, 0.1) is 0 Å². The van der Waals surface area contributed by atoms with Gasteiger partial charge in [-0.15, -0.1) is 0 Å². The summed E-state index contributed by atoms with van der Waals surface area (Å²) in [5.74, 6) is 0.118. The molecule has 0 bridgehead atoms. The number of hydrogen-bond acceptors (Lipinski definition) is 5. The Morgan fingerprint density at radius 2 is 1.79 bits per heavy atom. The predicted molar refractivity (Wildman–Crippen MR) is 118 cm³/mol. The zero-order valence-electron chi connectivity index (χ0n) is 18.8. The molecule has 1 atom stereocenters. The molecule has 0 aliphatic carbocycles. The fourth-order valence-electron chi connectivity index (χ4n) is 3.81. The maximum Gasteiger partial charge on any atom is 0.416 e. The van der Waals surface area contributed by atoms with Crippen LogP contribution >= 0.6 is 0 Å². The molecule has 1 fully saturated rings. The Balaban J connectivity index is 1.55. The minimum atomic E-state index is -4.37. The van der Waals surface area contributed by atoms with E-state index < -0.39 is 17.7 Å². The predicted octanol–water partition coefficient (Wildman–Crippen LogP) is 4.51. The lowest BCUT2D eigenvalue weighted by molar-refractivity contribution is -0.137. The number of pyridine rings is 1. The zero-order valence-corrected chi connectivity index (χ0v) is 18.8. The molecular weight excluding hydrogens is 435 g/mol.